The average molecular weight is 535 g/mol. The SMILES string of the molecule is CCOc1ncc(SC)c2c1c1ncc(/C(=C(\C)N)N(C)N)cc1n2CC1CCOCC1.c1ccccc1. The number of benzene rings is 1. The van der Waals surface area contributed by atoms with Gasteiger partial charge in [0.1, 0.15) is 5.52 Å². The molecule has 4 N–H and O–H groups in total. The van der Waals surface area contributed by atoms with Crippen LogP contribution in [0.5, 0.6) is 5.88 Å². The summed E-state index contributed by atoms with van der Waals surface area (Å²) in [6, 6.07) is 14.1. The predicted molar refractivity (Wildman–Crippen MR) is 157 cm³/mol. The van der Waals surface area contributed by atoms with Gasteiger partial charge in [-0.2, -0.15) is 0 Å². The first-order valence-electron chi connectivity index (χ1n) is 13.0. The third-order valence-corrected chi connectivity index (χ3v) is 7.34. The van der Waals surface area contributed by atoms with Crippen molar-refractivity contribution in [3.8, 4) is 5.88 Å². The summed E-state index contributed by atoms with van der Waals surface area (Å²) in [7, 11) is 1.79. The van der Waals surface area contributed by atoms with Gasteiger partial charge in [-0.15, -0.1) is 11.8 Å². The zero-order valence-electron chi connectivity index (χ0n) is 22.7. The van der Waals surface area contributed by atoms with Gasteiger partial charge in [0.15, 0.2) is 0 Å². The topological polar surface area (TPSA) is 104 Å². The third-order valence-electron chi connectivity index (χ3n) is 6.60. The van der Waals surface area contributed by atoms with E-state index in [0.717, 1.165) is 70.7 Å². The van der Waals surface area contributed by atoms with E-state index < -0.39 is 0 Å². The molecule has 202 valence electrons. The molecule has 0 radical (unpaired) electrons. The Kier molecular flexibility index (Phi) is 9.49. The monoisotopic (exact) mass is 534 g/mol. The summed E-state index contributed by atoms with van der Waals surface area (Å²) >= 11 is 1.69. The summed E-state index contributed by atoms with van der Waals surface area (Å²) in [5, 5.41) is 2.51. The summed E-state index contributed by atoms with van der Waals surface area (Å²) < 4.78 is 13.9. The molecule has 38 heavy (non-hydrogen) atoms. The second kappa shape index (κ2) is 13.0. The van der Waals surface area contributed by atoms with Gasteiger partial charge >= 0.3 is 0 Å². The number of pyridine rings is 2. The van der Waals surface area contributed by atoms with Crippen molar-refractivity contribution < 1.29 is 9.47 Å². The lowest BCUT2D eigenvalue weighted by atomic mass is 10.0. The number of rotatable bonds is 7. The van der Waals surface area contributed by atoms with E-state index in [0.29, 0.717) is 24.1 Å². The maximum Gasteiger partial charge on any atom is 0.225 e. The van der Waals surface area contributed by atoms with Crippen LogP contribution in [0, 0.1) is 5.92 Å². The van der Waals surface area contributed by atoms with Gasteiger partial charge in [0.2, 0.25) is 5.88 Å². The van der Waals surface area contributed by atoms with Gasteiger partial charge in [-0.1, -0.05) is 36.4 Å². The number of aromatic nitrogens is 3. The number of nitrogens with zero attached hydrogens (tertiary/aromatic N) is 4. The number of hydrogen-bond donors (Lipinski definition) is 2. The summed E-state index contributed by atoms with van der Waals surface area (Å²) in [5.41, 5.74) is 11.5. The first-order chi connectivity index (χ1) is 18.5. The molecule has 0 unspecified atom stereocenters. The minimum atomic E-state index is 0.535. The molecule has 1 aromatic carbocycles. The van der Waals surface area contributed by atoms with Gasteiger partial charge < -0.3 is 24.8 Å². The highest BCUT2D eigenvalue weighted by molar-refractivity contribution is 7.98. The Balaban J connectivity index is 0.000000494. The molecule has 1 aliphatic heterocycles. The predicted octanol–water partition coefficient (Wildman–Crippen LogP) is 5.27. The zero-order valence-corrected chi connectivity index (χ0v) is 23.5. The van der Waals surface area contributed by atoms with Crippen molar-refractivity contribution in [3.63, 3.8) is 0 Å². The fraction of sp³-hybridized carbons (Fsp3) is 0.379. The van der Waals surface area contributed by atoms with Gasteiger partial charge in [0.25, 0.3) is 0 Å². The Morgan fingerprint density at radius 3 is 2.34 bits per heavy atom. The molecule has 8 nitrogen and oxygen atoms in total. The molecule has 0 spiro atoms. The van der Waals surface area contributed by atoms with Crippen molar-refractivity contribution >= 4 is 39.4 Å². The molecule has 9 heteroatoms. The lowest BCUT2D eigenvalue weighted by molar-refractivity contribution is 0.0619. The maximum absolute atomic E-state index is 6.16. The third kappa shape index (κ3) is 6.06. The first kappa shape index (κ1) is 27.8. The highest BCUT2D eigenvalue weighted by Gasteiger charge is 2.24. The highest BCUT2D eigenvalue weighted by Crippen LogP contribution is 2.40. The van der Waals surface area contributed by atoms with E-state index in [2.05, 4.69) is 21.9 Å². The number of hydrogen-bond acceptors (Lipinski definition) is 8. The van der Waals surface area contributed by atoms with Crippen LogP contribution < -0.4 is 16.3 Å². The second-order valence-electron chi connectivity index (χ2n) is 9.34. The number of ether oxygens (including phenoxy) is 2. The molecule has 1 saturated heterocycles. The molecule has 4 aromatic rings. The van der Waals surface area contributed by atoms with Crippen LogP contribution in [0.25, 0.3) is 27.6 Å². The molecule has 4 heterocycles. The molecule has 3 aromatic heterocycles. The molecule has 1 fully saturated rings. The smallest absolute Gasteiger partial charge is 0.225 e. The molecular weight excluding hydrogens is 496 g/mol. The van der Waals surface area contributed by atoms with E-state index in [9.17, 15) is 0 Å². The standard InChI is InChI=1S/C23H32N6O2S.C6H6/c1-5-31-23-19-20-17(10-16(11-26-20)21(14(2)24)28(3)25)29(13-15-6-8-30-9-7-15)22(19)18(32-4)12-27-23;1-2-4-6-5-3-1/h10-12,15H,5-9,13,24-25H2,1-4H3;1-6H/b21-14-;. The molecule has 5 rings (SSSR count). The van der Waals surface area contributed by atoms with E-state index >= 15 is 0 Å². The van der Waals surface area contributed by atoms with Crippen molar-refractivity contribution in [1.29, 1.82) is 0 Å². The Hall–Kier alpha value is -3.27. The fourth-order valence-electron chi connectivity index (χ4n) is 4.92. The zero-order chi connectivity index (χ0) is 27.1. The van der Waals surface area contributed by atoms with Crippen molar-refractivity contribution in [2.75, 3.05) is 33.1 Å². The Morgan fingerprint density at radius 2 is 1.79 bits per heavy atom. The number of allylic oxidation sites excluding steroid dienone is 1. The summed E-state index contributed by atoms with van der Waals surface area (Å²) in [4.78, 5) is 10.6. The molecule has 0 atom stereocenters. The molecular formula is C29H38N6O2S. The average Bonchev–Trinajstić information content (AvgIpc) is 3.24. The summed E-state index contributed by atoms with van der Waals surface area (Å²) in [5.74, 6) is 7.26. The number of thioether (sulfide) groups is 1. The van der Waals surface area contributed by atoms with E-state index in [-0.39, 0.29) is 0 Å². The Morgan fingerprint density at radius 1 is 1.13 bits per heavy atom. The van der Waals surface area contributed by atoms with E-state index in [1.807, 2.05) is 62.6 Å². The van der Waals surface area contributed by atoms with Gasteiger partial charge in [0.05, 0.1) is 33.6 Å². The second-order valence-corrected chi connectivity index (χ2v) is 10.2. The van der Waals surface area contributed by atoms with Gasteiger partial charge in [-0.05, 0) is 44.9 Å². The van der Waals surface area contributed by atoms with E-state index in [1.165, 1.54) is 0 Å². The molecule has 0 amide bonds. The highest BCUT2D eigenvalue weighted by atomic mass is 32.2. The molecule has 0 aliphatic carbocycles. The van der Waals surface area contributed by atoms with Gasteiger partial charge in [-0.3, -0.25) is 4.98 Å². The lowest BCUT2D eigenvalue weighted by Gasteiger charge is -2.24. The van der Waals surface area contributed by atoms with Crippen LogP contribution in [0.15, 0.2) is 65.5 Å². The summed E-state index contributed by atoms with van der Waals surface area (Å²) in [6.07, 6.45) is 7.91. The van der Waals surface area contributed by atoms with E-state index in [1.54, 1.807) is 23.8 Å². The van der Waals surface area contributed by atoms with Gasteiger partial charge in [0, 0.05) is 50.5 Å². The Bertz CT molecular complexity index is 1350. The normalized spacial score (nSPS) is 14.7. The van der Waals surface area contributed by atoms with Crippen molar-refractivity contribution in [2.45, 2.75) is 38.1 Å². The van der Waals surface area contributed by atoms with Crippen LogP contribution >= 0.6 is 11.8 Å². The minimum Gasteiger partial charge on any atom is -0.477 e. The van der Waals surface area contributed by atoms with Crippen LogP contribution in [-0.4, -0.2) is 52.7 Å². The molecule has 0 bridgehead atoms. The molecule has 1 aliphatic rings. The molecule has 0 saturated carbocycles. The van der Waals surface area contributed by atoms with Crippen molar-refractivity contribution in [3.05, 3.63) is 66.1 Å². The lowest BCUT2D eigenvalue weighted by Crippen LogP contribution is -2.26. The number of hydrazine groups is 1. The fourth-order valence-corrected chi connectivity index (χ4v) is 5.48. The largest absolute Gasteiger partial charge is 0.477 e. The van der Waals surface area contributed by atoms with Crippen molar-refractivity contribution in [1.82, 2.24) is 19.5 Å². The van der Waals surface area contributed by atoms with Crippen LogP contribution in [0.2, 0.25) is 0 Å². The van der Waals surface area contributed by atoms with Crippen LogP contribution in [0.1, 0.15) is 32.3 Å². The van der Waals surface area contributed by atoms with Crippen LogP contribution in [-0.2, 0) is 11.3 Å². The maximum atomic E-state index is 6.16. The summed E-state index contributed by atoms with van der Waals surface area (Å²) in [6.45, 7) is 6.87. The quantitative estimate of drug-likeness (QED) is 0.188. The van der Waals surface area contributed by atoms with E-state index in [4.69, 9.17) is 26.0 Å². The number of nitrogens with two attached hydrogens (primary N) is 2. The first-order valence-corrected chi connectivity index (χ1v) is 14.2. The van der Waals surface area contributed by atoms with Crippen LogP contribution in [0.4, 0.5) is 0 Å². The van der Waals surface area contributed by atoms with Gasteiger partial charge in [-0.25, -0.2) is 10.8 Å². The Labute approximate surface area is 229 Å². The van der Waals surface area contributed by atoms with Crippen molar-refractivity contribution in [2.24, 2.45) is 17.5 Å². The number of fused-ring (bicyclic) bond motifs is 3. The minimum absolute atomic E-state index is 0.535. The van der Waals surface area contributed by atoms with Crippen LogP contribution in [0.3, 0.4) is 0 Å².